The van der Waals surface area contributed by atoms with E-state index in [1.165, 1.54) is 18.2 Å². The number of alkyl halides is 3. The normalized spacial score (nSPS) is 13.4. The zero-order valence-corrected chi connectivity index (χ0v) is 17.5. The predicted molar refractivity (Wildman–Crippen MR) is 118 cm³/mol. The number of aromatic nitrogens is 2. The van der Waals surface area contributed by atoms with Crippen LogP contribution in [0.25, 0.3) is 22.3 Å². The Morgan fingerprint density at radius 1 is 1.03 bits per heavy atom. The Balaban J connectivity index is 1.67. The van der Waals surface area contributed by atoms with Crippen LogP contribution in [0.3, 0.4) is 0 Å². The molecule has 0 aliphatic heterocycles. The van der Waals surface area contributed by atoms with Gasteiger partial charge in [0.1, 0.15) is 5.82 Å². The minimum absolute atomic E-state index is 0.324. The van der Waals surface area contributed by atoms with E-state index in [0.717, 1.165) is 40.0 Å². The molecule has 3 nitrogen and oxygen atoms in total. The third kappa shape index (κ3) is 4.23. The van der Waals surface area contributed by atoms with E-state index in [-0.39, 0.29) is 11.9 Å². The first kappa shape index (κ1) is 21.6. The Bertz CT molecular complexity index is 1270. The van der Waals surface area contributed by atoms with Crippen molar-refractivity contribution in [2.75, 3.05) is 0 Å². The van der Waals surface area contributed by atoms with Crippen LogP contribution in [-0.4, -0.2) is 9.78 Å². The molecule has 3 aromatic carbocycles. The van der Waals surface area contributed by atoms with Gasteiger partial charge < -0.3 is 5.32 Å². The van der Waals surface area contributed by atoms with Gasteiger partial charge in [-0.05, 0) is 61.9 Å². The van der Waals surface area contributed by atoms with Gasteiger partial charge in [0.15, 0.2) is 0 Å². The lowest BCUT2D eigenvalue weighted by Gasteiger charge is -2.20. The molecule has 4 rings (SSSR count). The van der Waals surface area contributed by atoms with Crippen molar-refractivity contribution in [1.82, 2.24) is 15.1 Å². The smallest absolute Gasteiger partial charge is 0.378 e. The molecule has 32 heavy (non-hydrogen) atoms. The Morgan fingerprint density at radius 2 is 1.75 bits per heavy atom. The molecule has 0 bridgehead atoms. The number of rotatable bonds is 5. The fourth-order valence-electron chi connectivity index (χ4n) is 3.69. The summed E-state index contributed by atoms with van der Waals surface area (Å²) in [6.07, 6.45) is -0.776. The van der Waals surface area contributed by atoms with E-state index in [9.17, 15) is 17.6 Å². The van der Waals surface area contributed by atoms with Crippen LogP contribution in [-0.2, 0) is 6.18 Å². The van der Waals surface area contributed by atoms with Crippen molar-refractivity contribution in [2.45, 2.75) is 26.1 Å². The van der Waals surface area contributed by atoms with Crippen molar-refractivity contribution in [3.05, 3.63) is 102 Å². The average Bonchev–Trinajstić information content (AvgIpc) is 3.22. The summed E-state index contributed by atoms with van der Waals surface area (Å²) < 4.78 is 54.3. The Morgan fingerprint density at radius 3 is 2.44 bits per heavy atom. The second kappa shape index (κ2) is 8.49. The van der Waals surface area contributed by atoms with Crippen LogP contribution in [0.2, 0.25) is 0 Å². The molecule has 0 amide bonds. The highest BCUT2D eigenvalue weighted by molar-refractivity contribution is 5.92. The van der Waals surface area contributed by atoms with E-state index in [1.807, 2.05) is 38.1 Å². The molecule has 0 aliphatic rings. The van der Waals surface area contributed by atoms with Gasteiger partial charge in [0, 0.05) is 22.7 Å². The van der Waals surface area contributed by atoms with E-state index in [4.69, 9.17) is 0 Å². The molecule has 1 atom stereocenters. The zero-order valence-electron chi connectivity index (χ0n) is 17.5. The minimum atomic E-state index is -4.39. The standard InChI is InChI=1S/C25H21F4N3/c1-3-23(31-16(2)17-6-4-7-18(14-17)25(27,28)29)21-8-5-9-24-22(21)15-30-32(24)20-12-10-19(26)11-13-20/h3-16,31H,1-2H3/b23-3-. The third-order valence-electron chi connectivity index (χ3n) is 5.35. The topological polar surface area (TPSA) is 29.9 Å². The molecule has 1 heterocycles. The number of hydrogen-bond donors (Lipinski definition) is 1. The largest absolute Gasteiger partial charge is 0.416 e. The first-order chi connectivity index (χ1) is 15.3. The first-order valence-electron chi connectivity index (χ1n) is 10.1. The molecule has 0 radical (unpaired) electrons. The molecule has 0 spiro atoms. The second-order valence-electron chi connectivity index (χ2n) is 7.46. The number of halogens is 4. The van der Waals surface area contributed by atoms with Gasteiger partial charge in [-0.3, -0.25) is 0 Å². The predicted octanol–water partition coefficient (Wildman–Crippen LogP) is 6.90. The molecule has 1 unspecified atom stereocenters. The molecule has 7 heteroatoms. The molecule has 0 fully saturated rings. The fourth-order valence-corrected chi connectivity index (χ4v) is 3.69. The van der Waals surface area contributed by atoms with Gasteiger partial charge in [0.25, 0.3) is 0 Å². The second-order valence-corrected chi connectivity index (χ2v) is 7.46. The number of hydrogen-bond acceptors (Lipinski definition) is 2. The summed E-state index contributed by atoms with van der Waals surface area (Å²) >= 11 is 0. The highest BCUT2D eigenvalue weighted by atomic mass is 19.4. The lowest BCUT2D eigenvalue weighted by Crippen LogP contribution is -2.18. The van der Waals surface area contributed by atoms with Crippen LogP contribution in [0.5, 0.6) is 0 Å². The van der Waals surface area contributed by atoms with Crippen LogP contribution in [0.1, 0.15) is 36.6 Å². The van der Waals surface area contributed by atoms with Crippen molar-refractivity contribution in [2.24, 2.45) is 0 Å². The van der Waals surface area contributed by atoms with Crippen LogP contribution in [0.4, 0.5) is 17.6 Å². The summed E-state index contributed by atoms with van der Waals surface area (Å²) in [6.45, 7) is 3.69. The molecule has 4 aromatic rings. The Hall–Kier alpha value is -3.61. The van der Waals surface area contributed by atoms with Gasteiger partial charge >= 0.3 is 6.18 Å². The van der Waals surface area contributed by atoms with Gasteiger partial charge in [-0.2, -0.15) is 18.3 Å². The maximum atomic E-state index is 13.3. The minimum Gasteiger partial charge on any atom is -0.378 e. The zero-order chi connectivity index (χ0) is 22.9. The fraction of sp³-hybridized carbons (Fsp3) is 0.160. The quantitative estimate of drug-likeness (QED) is 0.343. The van der Waals surface area contributed by atoms with Crippen molar-refractivity contribution in [3.63, 3.8) is 0 Å². The lowest BCUT2D eigenvalue weighted by molar-refractivity contribution is -0.137. The molecule has 0 saturated carbocycles. The summed E-state index contributed by atoms with van der Waals surface area (Å²) in [5, 5.41) is 8.67. The molecular formula is C25H21F4N3. The SMILES string of the molecule is C/C=C(\NC(C)c1cccc(C(F)(F)F)c1)c1cccc2c1cnn2-c1ccc(F)cc1. The number of allylic oxidation sites excluding steroid dienone is 1. The molecule has 0 aliphatic carbocycles. The molecular weight excluding hydrogens is 418 g/mol. The first-order valence-corrected chi connectivity index (χ1v) is 10.1. The highest BCUT2D eigenvalue weighted by Gasteiger charge is 2.30. The van der Waals surface area contributed by atoms with Crippen molar-refractivity contribution >= 4 is 16.6 Å². The maximum Gasteiger partial charge on any atom is 0.416 e. The van der Waals surface area contributed by atoms with Gasteiger partial charge in [-0.15, -0.1) is 0 Å². The lowest BCUT2D eigenvalue weighted by atomic mass is 10.0. The van der Waals surface area contributed by atoms with E-state index in [0.29, 0.717) is 5.56 Å². The summed E-state index contributed by atoms with van der Waals surface area (Å²) in [7, 11) is 0. The van der Waals surface area contributed by atoms with Crippen molar-refractivity contribution in [3.8, 4) is 5.69 Å². The average molecular weight is 439 g/mol. The van der Waals surface area contributed by atoms with Gasteiger partial charge in [0.05, 0.1) is 23.0 Å². The monoisotopic (exact) mass is 439 g/mol. The molecule has 164 valence electrons. The van der Waals surface area contributed by atoms with E-state index in [1.54, 1.807) is 29.1 Å². The third-order valence-corrected chi connectivity index (χ3v) is 5.35. The molecule has 0 saturated heterocycles. The van der Waals surface area contributed by atoms with E-state index < -0.39 is 11.7 Å². The number of benzene rings is 3. The number of nitrogens with one attached hydrogen (secondary N) is 1. The van der Waals surface area contributed by atoms with Crippen LogP contribution in [0, 0.1) is 5.82 Å². The van der Waals surface area contributed by atoms with Gasteiger partial charge in [0.2, 0.25) is 0 Å². The highest BCUT2D eigenvalue weighted by Crippen LogP contribution is 2.32. The van der Waals surface area contributed by atoms with Crippen LogP contribution >= 0.6 is 0 Å². The Labute approximate surface area is 183 Å². The van der Waals surface area contributed by atoms with Gasteiger partial charge in [-0.1, -0.05) is 30.3 Å². The van der Waals surface area contributed by atoms with Crippen molar-refractivity contribution in [1.29, 1.82) is 0 Å². The summed E-state index contributed by atoms with van der Waals surface area (Å²) in [4.78, 5) is 0. The molecule has 1 aromatic heterocycles. The number of fused-ring (bicyclic) bond motifs is 1. The van der Waals surface area contributed by atoms with Crippen LogP contribution in [0.15, 0.2) is 79.0 Å². The maximum absolute atomic E-state index is 13.3. The summed E-state index contributed by atoms with van der Waals surface area (Å²) in [5.74, 6) is -0.324. The summed E-state index contributed by atoms with van der Waals surface area (Å²) in [6, 6.07) is 16.8. The Kier molecular flexibility index (Phi) is 5.74. The van der Waals surface area contributed by atoms with Crippen molar-refractivity contribution < 1.29 is 17.6 Å². The molecule has 1 N–H and O–H groups in total. The summed E-state index contributed by atoms with van der Waals surface area (Å²) in [5.41, 5.74) is 3.07. The number of nitrogens with zero attached hydrogens (tertiary/aromatic N) is 2. The van der Waals surface area contributed by atoms with Gasteiger partial charge in [-0.25, -0.2) is 9.07 Å². The van der Waals surface area contributed by atoms with Crippen LogP contribution < -0.4 is 5.32 Å². The van der Waals surface area contributed by atoms with E-state index >= 15 is 0 Å². The van der Waals surface area contributed by atoms with E-state index in [2.05, 4.69) is 10.4 Å².